The van der Waals surface area contributed by atoms with Gasteiger partial charge in [-0.25, -0.2) is 0 Å². The van der Waals surface area contributed by atoms with Gasteiger partial charge in [0.25, 0.3) is 5.91 Å². The summed E-state index contributed by atoms with van der Waals surface area (Å²) in [5.41, 5.74) is 11.8. The first-order valence-electron chi connectivity index (χ1n) is 13.6. The molecule has 2 N–H and O–H groups in total. The first-order valence-corrected chi connectivity index (χ1v) is 13.6. The number of piperidine rings is 1. The van der Waals surface area contributed by atoms with Crippen LogP contribution >= 0.6 is 0 Å². The van der Waals surface area contributed by atoms with Gasteiger partial charge in [0.05, 0.1) is 12.2 Å². The van der Waals surface area contributed by atoms with Gasteiger partial charge in [0.2, 0.25) is 5.91 Å². The van der Waals surface area contributed by atoms with E-state index in [9.17, 15) is 9.59 Å². The van der Waals surface area contributed by atoms with Gasteiger partial charge in [0, 0.05) is 50.3 Å². The van der Waals surface area contributed by atoms with E-state index in [1.165, 1.54) is 16.7 Å². The maximum absolute atomic E-state index is 13.1. The number of likely N-dealkylation sites (tertiary alicyclic amines) is 1. The molecule has 3 fully saturated rings. The topological polar surface area (TPSA) is 97.5 Å². The molecule has 1 aliphatic carbocycles. The van der Waals surface area contributed by atoms with Crippen LogP contribution in [0.25, 0.3) is 0 Å². The van der Waals surface area contributed by atoms with Crippen molar-refractivity contribution in [3.63, 3.8) is 0 Å². The van der Waals surface area contributed by atoms with Crippen LogP contribution < -0.4 is 10.5 Å². The normalized spacial score (nSPS) is 25.5. The molecule has 2 saturated heterocycles. The molecule has 1 saturated carbocycles. The smallest absolute Gasteiger partial charge is 0.270 e. The molecule has 0 bridgehead atoms. The van der Waals surface area contributed by atoms with Gasteiger partial charge in [-0.15, -0.1) is 0 Å². The number of benzene rings is 1. The molecule has 3 aliphatic rings. The Morgan fingerprint density at radius 3 is 2.41 bits per heavy atom. The average molecular weight is 511 g/mol. The minimum atomic E-state index is -0.154. The summed E-state index contributed by atoms with van der Waals surface area (Å²) < 4.78 is 12.1. The highest BCUT2D eigenvalue weighted by Gasteiger charge is 2.30. The van der Waals surface area contributed by atoms with Gasteiger partial charge >= 0.3 is 0 Å². The van der Waals surface area contributed by atoms with E-state index in [0.717, 1.165) is 49.1 Å². The summed E-state index contributed by atoms with van der Waals surface area (Å²) in [6, 6.07) is 4.27. The van der Waals surface area contributed by atoms with E-state index in [1.807, 2.05) is 18.7 Å². The standard InChI is InChI=1S/C29H42N4O4/c1-18-13-19(2)22(5)26(14-18)37-23-9-11-32(12-10-23)27(34)15-31-25-8-6-7-24(25)28(30)29(35)33-16-20(3)36-21(4)17-33/h13-14,20-21,23H,6-12,15-17,30H2,1-5H3/t20-,21+. The van der Waals surface area contributed by atoms with Crippen LogP contribution in [0.1, 0.15) is 62.6 Å². The molecule has 0 aromatic heterocycles. The van der Waals surface area contributed by atoms with Gasteiger partial charge in [0.1, 0.15) is 24.1 Å². The Hall–Kier alpha value is -2.87. The van der Waals surface area contributed by atoms with Crippen molar-refractivity contribution in [2.75, 3.05) is 32.7 Å². The van der Waals surface area contributed by atoms with Crippen LogP contribution in [0.2, 0.25) is 0 Å². The number of aryl methyl sites for hydroxylation is 2. The molecule has 1 aromatic rings. The van der Waals surface area contributed by atoms with E-state index in [2.05, 4.69) is 37.9 Å². The Kier molecular flexibility index (Phi) is 8.57. The zero-order valence-electron chi connectivity index (χ0n) is 23.0. The van der Waals surface area contributed by atoms with Crippen LogP contribution in [0.3, 0.4) is 0 Å². The SMILES string of the molecule is Cc1cc(C)c(C)c(OC2CCN(C(=O)CN=C3CCCC3=C(N)C(=O)N3C[C@@H](C)O[C@@H](C)C3)CC2)c1. The third-order valence-electron chi connectivity index (χ3n) is 7.71. The molecular weight excluding hydrogens is 468 g/mol. The van der Waals surface area contributed by atoms with Crippen LogP contribution in [0.5, 0.6) is 5.75 Å². The van der Waals surface area contributed by atoms with Crippen molar-refractivity contribution in [2.24, 2.45) is 10.7 Å². The second-order valence-electron chi connectivity index (χ2n) is 10.9. The fourth-order valence-electron chi connectivity index (χ4n) is 5.62. The molecule has 0 unspecified atom stereocenters. The van der Waals surface area contributed by atoms with E-state index in [1.54, 1.807) is 4.90 Å². The van der Waals surface area contributed by atoms with Gasteiger partial charge in [-0.2, -0.15) is 0 Å². The maximum atomic E-state index is 13.1. The van der Waals surface area contributed by atoms with E-state index in [4.69, 9.17) is 15.2 Å². The molecule has 4 rings (SSSR count). The highest BCUT2D eigenvalue weighted by atomic mass is 16.5. The predicted octanol–water partition coefficient (Wildman–Crippen LogP) is 3.46. The monoisotopic (exact) mass is 510 g/mol. The second-order valence-corrected chi connectivity index (χ2v) is 10.9. The van der Waals surface area contributed by atoms with Crippen molar-refractivity contribution < 1.29 is 19.1 Å². The molecule has 8 heteroatoms. The zero-order valence-corrected chi connectivity index (χ0v) is 23.0. The molecule has 8 nitrogen and oxygen atoms in total. The van der Waals surface area contributed by atoms with Gasteiger partial charge in [-0.05, 0) is 76.6 Å². The zero-order chi connectivity index (χ0) is 26.7. The Labute approximate surface area is 220 Å². The number of morpholine rings is 1. The van der Waals surface area contributed by atoms with E-state index >= 15 is 0 Å². The molecule has 37 heavy (non-hydrogen) atoms. The fraction of sp³-hybridized carbons (Fsp3) is 0.621. The number of carbonyl (C=O) groups is 2. The molecule has 0 radical (unpaired) electrons. The number of ether oxygens (including phenoxy) is 2. The lowest BCUT2D eigenvalue weighted by atomic mass is 10.0. The average Bonchev–Trinajstić information content (AvgIpc) is 3.33. The van der Waals surface area contributed by atoms with Crippen LogP contribution in [0, 0.1) is 20.8 Å². The van der Waals surface area contributed by atoms with Crippen LogP contribution in [-0.4, -0.2) is 78.4 Å². The minimum absolute atomic E-state index is 0.0144. The number of hydrogen-bond acceptors (Lipinski definition) is 6. The Morgan fingerprint density at radius 2 is 1.73 bits per heavy atom. The number of aliphatic imine (C=N–C) groups is 1. The van der Waals surface area contributed by atoms with Gasteiger partial charge in [-0.1, -0.05) is 6.07 Å². The number of amides is 2. The lowest BCUT2D eigenvalue weighted by molar-refractivity contribution is -0.139. The van der Waals surface area contributed by atoms with Crippen LogP contribution in [-0.2, 0) is 14.3 Å². The predicted molar refractivity (Wildman–Crippen MR) is 145 cm³/mol. The molecule has 0 spiro atoms. The number of carbonyl (C=O) groups excluding carboxylic acids is 2. The third-order valence-corrected chi connectivity index (χ3v) is 7.71. The summed E-state index contributed by atoms with van der Waals surface area (Å²) >= 11 is 0. The number of hydrogen-bond donors (Lipinski definition) is 1. The molecule has 2 atom stereocenters. The maximum Gasteiger partial charge on any atom is 0.270 e. The second kappa shape index (κ2) is 11.7. The number of nitrogens with zero attached hydrogens (tertiary/aromatic N) is 3. The highest BCUT2D eigenvalue weighted by Crippen LogP contribution is 2.28. The summed E-state index contributed by atoms with van der Waals surface area (Å²) in [5.74, 6) is 0.807. The van der Waals surface area contributed by atoms with E-state index in [0.29, 0.717) is 26.2 Å². The highest BCUT2D eigenvalue weighted by molar-refractivity contribution is 6.09. The Bertz CT molecular complexity index is 1080. The molecular formula is C29H42N4O4. The summed E-state index contributed by atoms with van der Waals surface area (Å²) in [6.45, 7) is 12.7. The quantitative estimate of drug-likeness (QED) is 0.612. The minimum Gasteiger partial charge on any atom is -0.490 e. The van der Waals surface area contributed by atoms with Crippen molar-refractivity contribution in [3.05, 3.63) is 40.1 Å². The van der Waals surface area contributed by atoms with Gasteiger partial charge < -0.3 is 25.0 Å². The first kappa shape index (κ1) is 27.2. The molecule has 2 aliphatic heterocycles. The number of rotatable bonds is 5. The van der Waals surface area contributed by atoms with E-state index < -0.39 is 0 Å². The number of nitrogens with two attached hydrogens (primary N) is 1. The van der Waals surface area contributed by atoms with Crippen molar-refractivity contribution in [1.29, 1.82) is 0 Å². The molecule has 2 amide bonds. The van der Waals surface area contributed by atoms with Crippen molar-refractivity contribution in [2.45, 2.75) is 85.0 Å². The lowest BCUT2D eigenvalue weighted by Crippen LogP contribution is -2.49. The largest absolute Gasteiger partial charge is 0.490 e. The van der Waals surface area contributed by atoms with Crippen molar-refractivity contribution in [1.82, 2.24) is 9.80 Å². The van der Waals surface area contributed by atoms with Crippen molar-refractivity contribution in [3.8, 4) is 5.75 Å². The molecule has 202 valence electrons. The fourth-order valence-corrected chi connectivity index (χ4v) is 5.62. The van der Waals surface area contributed by atoms with Gasteiger partial charge in [-0.3, -0.25) is 14.6 Å². The summed E-state index contributed by atoms with van der Waals surface area (Å²) in [6.07, 6.45) is 4.05. The van der Waals surface area contributed by atoms with E-state index in [-0.39, 0.29) is 42.4 Å². The van der Waals surface area contributed by atoms with Crippen LogP contribution in [0.4, 0.5) is 0 Å². The summed E-state index contributed by atoms with van der Waals surface area (Å²) in [5, 5.41) is 0. The lowest BCUT2D eigenvalue weighted by Gasteiger charge is -2.35. The summed E-state index contributed by atoms with van der Waals surface area (Å²) in [7, 11) is 0. The molecule has 2 heterocycles. The number of allylic oxidation sites excluding steroid dienone is 1. The van der Waals surface area contributed by atoms with Crippen molar-refractivity contribution >= 4 is 17.5 Å². The Balaban J connectivity index is 1.32. The van der Waals surface area contributed by atoms with Gasteiger partial charge in [0.15, 0.2) is 0 Å². The molecule has 1 aromatic carbocycles. The Morgan fingerprint density at radius 1 is 1.05 bits per heavy atom. The van der Waals surface area contributed by atoms with Crippen LogP contribution in [0.15, 0.2) is 28.4 Å². The third kappa shape index (κ3) is 6.53. The first-order chi connectivity index (χ1) is 17.6. The summed E-state index contributed by atoms with van der Waals surface area (Å²) in [4.78, 5) is 34.3.